The van der Waals surface area contributed by atoms with Crippen LogP contribution >= 0.6 is 0 Å². The van der Waals surface area contributed by atoms with Gasteiger partial charge in [-0.05, 0) is 39.5 Å². The van der Waals surface area contributed by atoms with Gasteiger partial charge in [0.15, 0.2) is 0 Å². The molecule has 6 heteroatoms. The van der Waals surface area contributed by atoms with Gasteiger partial charge in [0.1, 0.15) is 5.54 Å². The third kappa shape index (κ3) is 2.55. The molecule has 110 valence electrons. The van der Waals surface area contributed by atoms with Gasteiger partial charge in [-0.25, -0.2) is 4.79 Å². The van der Waals surface area contributed by atoms with Crippen molar-refractivity contribution >= 4 is 11.9 Å². The number of carbonyl (C=O) groups excluding carboxylic acids is 1. The van der Waals surface area contributed by atoms with E-state index in [4.69, 9.17) is 0 Å². The lowest BCUT2D eigenvalue weighted by atomic mass is 9.95. The Bertz CT molecular complexity index is 560. The number of carboxylic acid groups (broad SMARTS) is 1. The number of hydrogen-bond donors (Lipinski definition) is 2. The molecule has 6 nitrogen and oxygen atoms in total. The van der Waals surface area contributed by atoms with Crippen LogP contribution in [0.15, 0.2) is 0 Å². The Labute approximate surface area is 118 Å². The normalized spacial score (nSPS) is 17.6. The standard InChI is InChI=1S/C14H21N3O3/c1-8-11(9(2)17(4)16-8)7-12(18)15-14(3,13(19)20)10-5-6-10/h10H,5-7H2,1-4H3,(H,15,18)(H,19,20). The fourth-order valence-electron chi connectivity index (χ4n) is 2.56. The first kappa shape index (κ1) is 14.6. The third-order valence-corrected chi connectivity index (χ3v) is 4.23. The lowest BCUT2D eigenvalue weighted by Crippen LogP contribution is -2.54. The van der Waals surface area contributed by atoms with E-state index in [1.54, 1.807) is 11.6 Å². The van der Waals surface area contributed by atoms with Crippen LogP contribution in [0.5, 0.6) is 0 Å². The molecule has 0 aromatic carbocycles. The van der Waals surface area contributed by atoms with E-state index in [0.29, 0.717) is 0 Å². The average molecular weight is 279 g/mol. The van der Waals surface area contributed by atoms with Crippen LogP contribution in [0, 0.1) is 19.8 Å². The molecule has 1 amide bonds. The summed E-state index contributed by atoms with van der Waals surface area (Å²) in [5.41, 5.74) is 1.46. The maximum atomic E-state index is 12.2. The van der Waals surface area contributed by atoms with Gasteiger partial charge in [-0.2, -0.15) is 5.10 Å². The summed E-state index contributed by atoms with van der Waals surface area (Å²) >= 11 is 0. The molecule has 0 saturated heterocycles. The van der Waals surface area contributed by atoms with Crippen molar-refractivity contribution < 1.29 is 14.7 Å². The van der Waals surface area contributed by atoms with E-state index in [0.717, 1.165) is 29.8 Å². The summed E-state index contributed by atoms with van der Waals surface area (Å²) in [5.74, 6) is -1.19. The molecule has 1 fully saturated rings. The van der Waals surface area contributed by atoms with Crippen LogP contribution in [-0.4, -0.2) is 32.3 Å². The highest BCUT2D eigenvalue weighted by Gasteiger charge is 2.48. The number of aryl methyl sites for hydroxylation is 2. The number of nitrogens with zero attached hydrogens (tertiary/aromatic N) is 2. The minimum atomic E-state index is -1.15. The molecule has 1 saturated carbocycles. The topological polar surface area (TPSA) is 84.2 Å². The molecule has 0 radical (unpaired) electrons. The third-order valence-electron chi connectivity index (χ3n) is 4.23. The van der Waals surface area contributed by atoms with E-state index in [-0.39, 0.29) is 18.2 Å². The monoisotopic (exact) mass is 279 g/mol. The Morgan fingerprint density at radius 3 is 2.45 bits per heavy atom. The minimum absolute atomic E-state index is 0.0417. The van der Waals surface area contributed by atoms with Gasteiger partial charge >= 0.3 is 5.97 Å². The fraction of sp³-hybridized carbons (Fsp3) is 0.643. The van der Waals surface area contributed by atoms with Crippen LogP contribution in [-0.2, 0) is 23.1 Å². The molecular weight excluding hydrogens is 258 g/mol. The van der Waals surface area contributed by atoms with Crippen LogP contribution in [0.4, 0.5) is 0 Å². The first-order chi connectivity index (χ1) is 9.25. The number of carbonyl (C=O) groups is 2. The number of aliphatic carboxylic acids is 1. The van der Waals surface area contributed by atoms with E-state index >= 15 is 0 Å². The van der Waals surface area contributed by atoms with Crippen molar-refractivity contribution in [3.8, 4) is 0 Å². The molecule has 0 spiro atoms. The van der Waals surface area contributed by atoms with E-state index in [2.05, 4.69) is 10.4 Å². The number of carboxylic acids is 1. The summed E-state index contributed by atoms with van der Waals surface area (Å²) in [5, 5.41) is 16.3. The van der Waals surface area contributed by atoms with Crippen molar-refractivity contribution in [1.82, 2.24) is 15.1 Å². The van der Waals surface area contributed by atoms with Gasteiger partial charge in [0.25, 0.3) is 0 Å². The van der Waals surface area contributed by atoms with E-state index in [9.17, 15) is 14.7 Å². The molecular formula is C14H21N3O3. The second-order valence-corrected chi connectivity index (χ2v) is 5.78. The molecule has 1 aliphatic carbocycles. The fourth-order valence-corrected chi connectivity index (χ4v) is 2.56. The Balaban J connectivity index is 2.10. The van der Waals surface area contributed by atoms with Crippen LogP contribution in [0.3, 0.4) is 0 Å². The summed E-state index contributed by atoms with van der Waals surface area (Å²) in [6.45, 7) is 5.35. The van der Waals surface area contributed by atoms with Gasteiger partial charge < -0.3 is 10.4 Å². The van der Waals surface area contributed by atoms with Gasteiger partial charge in [-0.15, -0.1) is 0 Å². The smallest absolute Gasteiger partial charge is 0.329 e. The molecule has 20 heavy (non-hydrogen) atoms. The number of rotatable bonds is 5. The first-order valence-electron chi connectivity index (χ1n) is 6.79. The zero-order valence-electron chi connectivity index (χ0n) is 12.4. The van der Waals surface area contributed by atoms with Crippen molar-refractivity contribution in [3.63, 3.8) is 0 Å². The van der Waals surface area contributed by atoms with Crippen molar-refractivity contribution in [1.29, 1.82) is 0 Å². The Morgan fingerprint density at radius 2 is 2.05 bits per heavy atom. The van der Waals surface area contributed by atoms with Crippen molar-refractivity contribution in [2.45, 2.75) is 45.6 Å². The molecule has 0 bridgehead atoms. The molecule has 1 aliphatic rings. The van der Waals surface area contributed by atoms with Crippen molar-refractivity contribution in [2.24, 2.45) is 13.0 Å². The zero-order valence-corrected chi connectivity index (χ0v) is 12.4. The van der Waals surface area contributed by atoms with Gasteiger partial charge in [0.05, 0.1) is 12.1 Å². The summed E-state index contributed by atoms with van der Waals surface area (Å²) < 4.78 is 1.73. The summed E-state index contributed by atoms with van der Waals surface area (Å²) in [6, 6.07) is 0. The van der Waals surface area contributed by atoms with E-state index < -0.39 is 11.5 Å². The van der Waals surface area contributed by atoms with Gasteiger partial charge in [0, 0.05) is 18.3 Å². The highest BCUT2D eigenvalue weighted by Crippen LogP contribution is 2.39. The van der Waals surface area contributed by atoms with Crippen LogP contribution in [0.25, 0.3) is 0 Å². The van der Waals surface area contributed by atoms with Gasteiger partial charge in [-0.3, -0.25) is 9.48 Å². The second kappa shape index (κ2) is 4.92. The predicted molar refractivity (Wildman–Crippen MR) is 73.3 cm³/mol. The Morgan fingerprint density at radius 1 is 1.45 bits per heavy atom. The quantitative estimate of drug-likeness (QED) is 0.840. The second-order valence-electron chi connectivity index (χ2n) is 5.78. The maximum Gasteiger partial charge on any atom is 0.329 e. The van der Waals surface area contributed by atoms with Gasteiger partial charge in [-0.1, -0.05) is 0 Å². The lowest BCUT2D eigenvalue weighted by molar-refractivity contribution is -0.147. The van der Waals surface area contributed by atoms with Crippen LogP contribution < -0.4 is 5.32 Å². The summed E-state index contributed by atoms with van der Waals surface area (Å²) in [6.07, 6.45) is 1.88. The number of amides is 1. The number of hydrogen-bond acceptors (Lipinski definition) is 3. The van der Waals surface area contributed by atoms with E-state index in [1.165, 1.54) is 0 Å². The molecule has 1 unspecified atom stereocenters. The van der Waals surface area contributed by atoms with Crippen LogP contribution in [0.2, 0.25) is 0 Å². The molecule has 1 aromatic heterocycles. The maximum absolute atomic E-state index is 12.2. The molecule has 1 aromatic rings. The average Bonchev–Trinajstić information content (AvgIpc) is 3.15. The molecule has 0 aliphatic heterocycles. The zero-order chi connectivity index (χ0) is 15.1. The van der Waals surface area contributed by atoms with Gasteiger partial charge in [0.2, 0.25) is 5.91 Å². The van der Waals surface area contributed by atoms with Crippen LogP contribution in [0.1, 0.15) is 36.7 Å². The Kier molecular flexibility index (Phi) is 3.58. The predicted octanol–water partition coefficient (Wildman–Crippen LogP) is 0.949. The largest absolute Gasteiger partial charge is 0.480 e. The first-order valence-corrected chi connectivity index (χ1v) is 6.79. The minimum Gasteiger partial charge on any atom is -0.480 e. The SMILES string of the molecule is Cc1nn(C)c(C)c1CC(=O)NC(C)(C(=O)O)C1CC1. The molecule has 1 heterocycles. The molecule has 1 atom stereocenters. The van der Waals surface area contributed by atoms with Crippen molar-refractivity contribution in [2.75, 3.05) is 0 Å². The summed E-state index contributed by atoms with van der Waals surface area (Å²) in [7, 11) is 1.83. The Hall–Kier alpha value is -1.85. The summed E-state index contributed by atoms with van der Waals surface area (Å²) in [4.78, 5) is 23.6. The van der Waals surface area contributed by atoms with E-state index in [1.807, 2.05) is 20.9 Å². The molecule has 2 N–H and O–H groups in total. The number of aromatic nitrogens is 2. The lowest BCUT2D eigenvalue weighted by Gasteiger charge is -2.26. The highest BCUT2D eigenvalue weighted by atomic mass is 16.4. The molecule has 2 rings (SSSR count). The highest BCUT2D eigenvalue weighted by molar-refractivity contribution is 5.88. The number of nitrogens with one attached hydrogen (secondary N) is 1. The van der Waals surface area contributed by atoms with Crippen molar-refractivity contribution in [3.05, 3.63) is 17.0 Å².